The molecule has 2 heterocycles. The largest absolute Gasteiger partial charge is 0.269 e. The van der Waals surface area contributed by atoms with Gasteiger partial charge in [0, 0.05) is 17.7 Å². The Bertz CT molecular complexity index is 470. The zero-order valence-electron chi connectivity index (χ0n) is 9.60. The van der Waals surface area contributed by atoms with Crippen molar-refractivity contribution in [3.05, 3.63) is 23.9 Å². The molecule has 4 heteroatoms. The van der Waals surface area contributed by atoms with Gasteiger partial charge in [0.25, 0.3) is 0 Å². The van der Waals surface area contributed by atoms with E-state index in [1.54, 1.807) is 6.33 Å². The van der Waals surface area contributed by atoms with Gasteiger partial charge in [-0.1, -0.05) is 27.7 Å². The number of aromatic nitrogens is 4. The van der Waals surface area contributed by atoms with E-state index in [9.17, 15) is 0 Å². The van der Waals surface area contributed by atoms with E-state index in [4.69, 9.17) is 0 Å². The molecule has 15 heavy (non-hydrogen) atoms. The second-order valence-corrected chi connectivity index (χ2v) is 4.41. The van der Waals surface area contributed by atoms with Gasteiger partial charge in [0.2, 0.25) is 0 Å². The molecule has 0 aliphatic heterocycles. The molecule has 0 fully saturated rings. The van der Waals surface area contributed by atoms with E-state index >= 15 is 0 Å². The fraction of sp³-hybridized carbons (Fsp3) is 0.545. The molecule has 0 saturated carbocycles. The van der Waals surface area contributed by atoms with Crippen LogP contribution < -0.4 is 0 Å². The summed E-state index contributed by atoms with van der Waals surface area (Å²) in [6, 6.07) is 2.00. The smallest absolute Gasteiger partial charge is 0.163 e. The van der Waals surface area contributed by atoms with E-state index in [1.807, 2.05) is 10.5 Å². The first-order chi connectivity index (χ1) is 7.09. The lowest BCUT2D eigenvalue weighted by atomic mass is 10.1. The summed E-state index contributed by atoms with van der Waals surface area (Å²) in [6.45, 7) is 8.54. The fourth-order valence-corrected chi connectivity index (χ4v) is 1.57. The molecule has 0 aliphatic carbocycles. The summed E-state index contributed by atoms with van der Waals surface area (Å²) >= 11 is 0. The van der Waals surface area contributed by atoms with E-state index in [-0.39, 0.29) is 0 Å². The van der Waals surface area contributed by atoms with Crippen molar-refractivity contribution in [2.75, 3.05) is 0 Å². The van der Waals surface area contributed by atoms with Crippen LogP contribution in [0.15, 0.2) is 12.4 Å². The molecule has 0 saturated heterocycles. The lowest BCUT2D eigenvalue weighted by molar-refractivity contribution is 0.714. The molecule has 2 rings (SSSR count). The summed E-state index contributed by atoms with van der Waals surface area (Å²) in [7, 11) is 0. The van der Waals surface area contributed by atoms with Crippen molar-refractivity contribution in [3.63, 3.8) is 0 Å². The molecule has 0 N–H and O–H groups in total. The Morgan fingerprint density at radius 3 is 2.47 bits per heavy atom. The van der Waals surface area contributed by atoms with Crippen LogP contribution >= 0.6 is 0 Å². The Labute approximate surface area is 89.4 Å². The molecule has 0 unspecified atom stereocenters. The number of hydrogen-bond acceptors (Lipinski definition) is 3. The van der Waals surface area contributed by atoms with E-state index in [2.05, 4.69) is 42.9 Å². The van der Waals surface area contributed by atoms with Crippen LogP contribution in [0.5, 0.6) is 0 Å². The predicted molar refractivity (Wildman–Crippen MR) is 59.0 cm³/mol. The van der Waals surface area contributed by atoms with Gasteiger partial charge in [-0.2, -0.15) is 0 Å². The van der Waals surface area contributed by atoms with E-state index in [0.29, 0.717) is 11.8 Å². The summed E-state index contributed by atoms with van der Waals surface area (Å²) in [4.78, 5) is 4.66. The van der Waals surface area contributed by atoms with Crippen molar-refractivity contribution in [1.29, 1.82) is 0 Å². The third kappa shape index (κ3) is 1.71. The second kappa shape index (κ2) is 3.61. The minimum absolute atomic E-state index is 0.377. The third-order valence-corrected chi connectivity index (χ3v) is 2.45. The zero-order chi connectivity index (χ0) is 11.0. The van der Waals surface area contributed by atoms with Crippen LogP contribution in [0.25, 0.3) is 5.65 Å². The molecule has 0 aliphatic rings. The van der Waals surface area contributed by atoms with Crippen LogP contribution in [-0.4, -0.2) is 19.6 Å². The van der Waals surface area contributed by atoms with Gasteiger partial charge in [0.05, 0.1) is 0 Å². The van der Waals surface area contributed by atoms with Gasteiger partial charge in [0.1, 0.15) is 12.2 Å². The van der Waals surface area contributed by atoms with Crippen molar-refractivity contribution >= 4 is 5.65 Å². The molecule has 0 radical (unpaired) electrons. The lowest BCUT2D eigenvalue weighted by Gasteiger charge is -2.11. The zero-order valence-corrected chi connectivity index (χ0v) is 9.60. The normalized spacial score (nSPS) is 11.9. The fourth-order valence-electron chi connectivity index (χ4n) is 1.57. The highest BCUT2D eigenvalue weighted by molar-refractivity contribution is 5.39. The van der Waals surface area contributed by atoms with Crippen molar-refractivity contribution in [1.82, 2.24) is 19.6 Å². The van der Waals surface area contributed by atoms with Gasteiger partial charge in [-0.05, 0) is 5.92 Å². The van der Waals surface area contributed by atoms with Gasteiger partial charge >= 0.3 is 0 Å². The highest BCUT2D eigenvalue weighted by Crippen LogP contribution is 2.18. The summed E-state index contributed by atoms with van der Waals surface area (Å²) < 4.78 is 1.95. The summed E-state index contributed by atoms with van der Waals surface area (Å²) in [5.41, 5.74) is 1.97. The first kappa shape index (κ1) is 10.1. The molecule has 0 spiro atoms. The monoisotopic (exact) mass is 204 g/mol. The van der Waals surface area contributed by atoms with Crippen LogP contribution in [0.1, 0.15) is 51.0 Å². The topological polar surface area (TPSA) is 43.1 Å². The molecule has 2 aromatic rings. The Hall–Kier alpha value is -1.45. The molecule has 2 aromatic heterocycles. The van der Waals surface area contributed by atoms with E-state index in [1.165, 1.54) is 0 Å². The Morgan fingerprint density at radius 2 is 1.87 bits per heavy atom. The Kier molecular flexibility index (Phi) is 2.42. The maximum atomic E-state index is 4.66. The first-order valence-electron chi connectivity index (χ1n) is 5.30. The van der Waals surface area contributed by atoms with Gasteiger partial charge in [-0.25, -0.2) is 4.98 Å². The number of rotatable bonds is 2. The SMILES string of the molecule is CC(C)c1cc2nncn2c(C(C)C)n1. The molecule has 0 aromatic carbocycles. The maximum Gasteiger partial charge on any atom is 0.163 e. The summed E-state index contributed by atoms with van der Waals surface area (Å²) in [5, 5.41) is 8.00. The number of hydrogen-bond donors (Lipinski definition) is 0. The van der Waals surface area contributed by atoms with Crippen molar-refractivity contribution in [2.45, 2.75) is 39.5 Å². The van der Waals surface area contributed by atoms with Crippen LogP contribution in [0.2, 0.25) is 0 Å². The Morgan fingerprint density at radius 1 is 1.13 bits per heavy atom. The van der Waals surface area contributed by atoms with Gasteiger partial charge < -0.3 is 0 Å². The molecule has 0 amide bonds. The van der Waals surface area contributed by atoms with Crippen molar-refractivity contribution in [2.24, 2.45) is 0 Å². The minimum atomic E-state index is 0.377. The molecular weight excluding hydrogens is 188 g/mol. The van der Waals surface area contributed by atoms with Crippen LogP contribution in [0.4, 0.5) is 0 Å². The lowest BCUT2D eigenvalue weighted by Crippen LogP contribution is -2.06. The van der Waals surface area contributed by atoms with Crippen molar-refractivity contribution < 1.29 is 0 Å². The van der Waals surface area contributed by atoms with Gasteiger partial charge in [-0.15, -0.1) is 10.2 Å². The average molecular weight is 204 g/mol. The first-order valence-corrected chi connectivity index (χ1v) is 5.30. The van der Waals surface area contributed by atoms with Crippen molar-refractivity contribution in [3.8, 4) is 0 Å². The third-order valence-electron chi connectivity index (χ3n) is 2.45. The average Bonchev–Trinajstić information content (AvgIpc) is 2.62. The quantitative estimate of drug-likeness (QED) is 0.754. The number of fused-ring (bicyclic) bond motifs is 1. The van der Waals surface area contributed by atoms with E-state index < -0.39 is 0 Å². The number of nitrogens with zero attached hydrogens (tertiary/aromatic N) is 4. The van der Waals surface area contributed by atoms with Crippen LogP contribution in [0.3, 0.4) is 0 Å². The standard InChI is InChI=1S/C11H16N4/c1-7(2)9-5-10-14-12-6-15(10)11(13-9)8(3)4/h5-8H,1-4H3. The second-order valence-electron chi connectivity index (χ2n) is 4.41. The van der Waals surface area contributed by atoms with Crippen LogP contribution in [-0.2, 0) is 0 Å². The summed E-state index contributed by atoms with van der Waals surface area (Å²) in [6.07, 6.45) is 1.72. The molecule has 4 nitrogen and oxygen atoms in total. The summed E-state index contributed by atoms with van der Waals surface area (Å²) in [5.74, 6) is 1.83. The highest BCUT2D eigenvalue weighted by Gasteiger charge is 2.11. The molecular formula is C11H16N4. The molecule has 0 atom stereocenters. The van der Waals surface area contributed by atoms with Crippen LogP contribution in [0, 0.1) is 0 Å². The van der Waals surface area contributed by atoms with Gasteiger partial charge in [-0.3, -0.25) is 4.40 Å². The Balaban J connectivity index is 2.69. The van der Waals surface area contributed by atoms with E-state index in [0.717, 1.165) is 17.2 Å². The van der Waals surface area contributed by atoms with Gasteiger partial charge in [0.15, 0.2) is 5.65 Å². The maximum absolute atomic E-state index is 4.66. The molecule has 0 bridgehead atoms. The highest BCUT2D eigenvalue weighted by atomic mass is 15.2. The minimum Gasteiger partial charge on any atom is -0.269 e. The predicted octanol–water partition coefficient (Wildman–Crippen LogP) is 2.37. The molecule has 80 valence electrons.